The zero-order chi connectivity index (χ0) is 8.36. The van der Waals surface area contributed by atoms with Gasteiger partial charge in [-0.05, 0) is 19.3 Å². The lowest BCUT2D eigenvalue weighted by Gasteiger charge is -1.95. The van der Waals surface area contributed by atoms with Crippen LogP contribution in [0.15, 0.2) is 25.0 Å². The van der Waals surface area contributed by atoms with E-state index in [4.69, 9.17) is 4.74 Å². The molecule has 64 valence electrons. The van der Waals surface area contributed by atoms with Crippen molar-refractivity contribution in [2.24, 2.45) is 0 Å². The maximum atomic E-state index is 4.97. The summed E-state index contributed by atoms with van der Waals surface area (Å²) in [5.74, 6) is 0. The summed E-state index contributed by atoms with van der Waals surface area (Å²) in [5.41, 5.74) is 0. The van der Waals surface area contributed by atoms with E-state index in [1.807, 2.05) is 0 Å². The molecule has 0 rings (SSSR count). The molecule has 0 aliphatic heterocycles. The monoisotopic (exact) mass is 154 g/mol. The first-order valence-electron chi connectivity index (χ1n) is 4.29. The van der Waals surface area contributed by atoms with Gasteiger partial charge in [0.2, 0.25) is 0 Å². The second-order valence-corrected chi connectivity index (χ2v) is 2.44. The van der Waals surface area contributed by atoms with Crippen LogP contribution < -0.4 is 0 Å². The summed E-state index contributed by atoms with van der Waals surface area (Å²) in [5, 5.41) is 0. The average Bonchev–Trinajstić information content (AvgIpc) is 2.03. The van der Waals surface area contributed by atoms with E-state index >= 15 is 0 Å². The first-order chi connectivity index (χ1) is 5.41. The predicted molar refractivity (Wildman–Crippen MR) is 49.4 cm³/mol. The third-order valence-corrected chi connectivity index (χ3v) is 1.37. The summed E-state index contributed by atoms with van der Waals surface area (Å²) >= 11 is 0. The van der Waals surface area contributed by atoms with E-state index < -0.39 is 0 Å². The van der Waals surface area contributed by atoms with Gasteiger partial charge in [-0.15, -0.1) is 0 Å². The first kappa shape index (κ1) is 10.3. The number of rotatable bonds is 7. The molecule has 0 unspecified atom stereocenters. The van der Waals surface area contributed by atoms with E-state index in [-0.39, 0.29) is 0 Å². The molecule has 0 bridgehead atoms. The van der Waals surface area contributed by atoms with Crippen molar-refractivity contribution in [2.75, 3.05) is 6.61 Å². The van der Waals surface area contributed by atoms with Crippen LogP contribution >= 0.6 is 0 Å². The van der Waals surface area contributed by atoms with E-state index in [2.05, 4.69) is 25.7 Å². The van der Waals surface area contributed by atoms with E-state index in [1.54, 1.807) is 0 Å². The lowest BCUT2D eigenvalue weighted by Crippen LogP contribution is -1.84. The molecule has 0 saturated carbocycles. The number of ether oxygens (including phenoxy) is 1. The number of allylic oxidation sites excluding steroid dienone is 2. The molecule has 0 aromatic carbocycles. The van der Waals surface area contributed by atoms with Gasteiger partial charge in [0, 0.05) is 0 Å². The van der Waals surface area contributed by atoms with Crippen LogP contribution in [0.1, 0.15) is 32.6 Å². The maximum Gasteiger partial charge on any atom is 0.0875 e. The smallest absolute Gasteiger partial charge is 0.0875 e. The molecule has 11 heavy (non-hydrogen) atoms. The zero-order valence-corrected chi connectivity index (χ0v) is 7.38. The second kappa shape index (κ2) is 9.28. The van der Waals surface area contributed by atoms with Crippen molar-refractivity contribution in [3.8, 4) is 0 Å². The third kappa shape index (κ3) is 9.28. The Hall–Kier alpha value is -0.720. The Morgan fingerprint density at radius 1 is 1.27 bits per heavy atom. The Kier molecular flexibility index (Phi) is 8.67. The highest BCUT2D eigenvalue weighted by Gasteiger charge is 1.81. The highest BCUT2D eigenvalue weighted by Crippen LogP contribution is 1.95. The summed E-state index contributed by atoms with van der Waals surface area (Å²) in [4.78, 5) is 0. The van der Waals surface area contributed by atoms with Crippen molar-refractivity contribution >= 4 is 0 Å². The van der Waals surface area contributed by atoms with Crippen molar-refractivity contribution in [2.45, 2.75) is 32.6 Å². The third-order valence-electron chi connectivity index (χ3n) is 1.37. The van der Waals surface area contributed by atoms with Crippen molar-refractivity contribution in [1.82, 2.24) is 0 Å². The molecule has 0 radical (unpaired) electrons. The van der Waals surface area contributed by atoms with Crippen LogP contribution in [-0.2, 0) is 4.74 Å². The number of hydrogen-bond acceptors (Lipinski definition) is 1. The van der Waals surface area contributed by atoms with Crippen LogP contribution in [0.3, 0.4) is 0 Å². The number of unbranched alkanes of at least 4 members (excludes halogenated alkanes) is 2. The SMILES string of the molecule is C=COCCC/C=C/CCC. The minimum atomic E-state index is 0.792. The minimum Gasteiger partial charge on any atom is -0.502 e. The minimum absolute atomic E-state index is 0.792. The van der Waals surface area contributed by atoms with Gasteiger partial charge < -0.3 is 4.74 Å². The highest BCUT2D eigenvalue weighted by atomic mass is 16.5. The molecular weight excluding hydrogens is 136 g/mol. The largest absolute Gasteiger partial charge is 0.502 e. The van der Waals surface area contributed by atoms with E-state index in [0.717, 1.165) is 19.4 Å². The van der Waals surface area contributed by atoms with E-state index in [9.17, 15) is 0 Å². The fourth-order valence-electron chi connectivity index (χ4n) is 0.770. The molecule has 0 aliphatic carbocycles. The average molecular weight is 154 g/mol. The van der Waals surface area contributed by atoms with Crippen LogP contribution in [-0.4, -0.2) is 6.61 Å². The Labute approximate surface area is 69.8 Å². The molecule has 0 saturated heterocycles. The van der Waals surface area contributed by atoms with Gasteiger partial charge in [0.15, 0.2) is 0 Å². The predicted octanol–water partition coefficient (Wildman–Crippen LogP) is 3.28. The molecular formula is C10H18O. The molecule has 0 amide bonds. The molecule has 1 nitrogen and oxygen atoms in total. The van der Waals surface area contributed by atoms with Gasteiger partial charge in [0.1, 0.15) is 0 Å². The van der Waals surface area contributed by atoms with Gasteiger partial charge in [0.05, 0.1) is 12.9 Å². The van der Waals surface area contributed by atoms with Gasteiger partial charge in [-0.25, -0.2) is 0 Å². The van der Waals surface area contributed by atoms with Crippen LogP contribution in [0.2, 0.25) is 0 Å². The number of hydrogen-bond donors (Lipinski definition) is 0. The van der Waals surface area contributed by atoms with Gasteiger partial charge in [0.25, 0.3) is 0 Å². The second-order valence-electron chi connectivity index (χ2n) is 2.44. The summed E-state index contributed by atoms with van der Waals surface area (Å²) in [6.45, 7) is 6.44. The molecule has 0 N–H and O–H groups in total. The van der Waals surface area contributed by atoms with Crippen LogP contribution in [0, 0.1) is 0 Å². The normalized spacial score (nSPS) is 10.3. The van der Waals surface area contributed by atoms with Crippen molar-refractivity contribution in [1.29, 1.82) is 0 Å². The topological polar surface area (TPSA) is 9.23 Å². The fraction of sp³-hybridized carbons (Fsp3) is 0.600. The lowest BCUT2D eigenvalue weighted by atomic mass is 10.2. The molecule has 0 heterocycles. The molecule has 0 aliphatic rings. The Bertz CT molecular complexity index is 105. The van der Waals surface area contributed by atoms with Gasteiger partial charge >= 0.3 is 0 Å². The van der Waals surface area contributed by atoms with Gasteiger partial charge in [-0.3, -0.25) is 0 Å². The van der Waals surface area contributed by atoms with Crippen molar-refractivity contribution in [3.63, 3.8) is 0 Å². The maximum absolute atomic E-state index is 4.97. The van der Waals surface area contributed by atoms with E-state index in [1.165, 1.54) is 19.1 Å². The molecule has 0 aromatic heterocycles. The van der Waals surface area contributed by atoms with Gasteiger partial charge in [-0.1, -0.05) is 32.1 Å². The summed E-state index contributed by atoms with van der Waals surface area (Å²) in [7, 11) is 0. The highest BCUT2D eigenvalue weighted by molar-refractivity contribution is 4.80. The molecule has 0 atom stereocenters. The van der Waals surface area contributed by atoms with Crippen LogP contribution in [0.4, 0.5) is 0 Å². The van der Waals surface area contributed by atoms with E-state index in [0.29, 0.717) is 0 Å². The Morgan fingerprint density at radius 3 is 2.64 bits per heavy atom. The molecule has 1 heteroatoms. The first-order valence-corrected chi connectivity index (χ1v) is 4.29. The lowest BCUT2D eigenvalue weighted by molar-refractivity contribution is 0.247. The van der Waals surface area contributed by atoms with Crippen molar-refractivity contribution < 1.29 is 4.74 Å². The molecule has 0 fully saturated rings. The van der Waals surface area contributed by atoms with Crippen molar-refractivity contribution in [3.05, 3.63) is 25.0 Å². The van der Waals surface area contributed by atoms with Crippen LogP contribution in [0.25, 0.3) is 0 Å². The molecule has 0 spiro atoms. The van der Waals surface area contributed by atoms with Crippen LogP contribution in [0.5, 0.6) is 0 Å². The molecule has 0 aromatic rings. The zero-order valence-electron chi connectivity index (χ0n) is 7.38. The standard InChI is InChI=1S/C10H18O/c1-3-5-6-7-8-9-10-11-4-2/h4,6-7H,2-3,5,8-10H2,1H3/b7-6+. The Morgan fingerprint density at radius 2 is 2.00 bits per heavy atom. The van der Waals surface area contributed by atoms with Gasteiger partial charge in [-0.2, -0.15) is 0 Å². The quantitative estimate of drug-likeness (QED) is 0.310. The fourth-order valence-corrected chi connectivity index (χ4v) is 0.770. The Balaban J connectivity index is 2.94. The summed E-state index contributed by atoms with van der Waals surface area (Å²) in [6.07, 6.45) is 10.6. The summed E-state index contributed by atoms with van der Waals surface area (Å²) < 4.78 is 4.97. The summed E-state index contributed by atoms with van der Waals surface area (Å²) in [6, 6.07) is 0.